The molecule has 33 heavy (non-hydrogen) atoms. The van der Waals surface area contributed by atoms with Crippen LogP contribution in [0.15, 0.2) is 35.1 Å². The average molecular weight is 454 g/mol. The quantitative estimate of drug-likeness (QED) is 0.490. The fourth-order valence-electron chi connectivity index (χ4n) is 4.40. The lowest BCUT2D eigenvalue weighted by Gasteiger charge is -2.33. The van der Waals surface area contributed by atoms with Crippen molar-refractivity contribution in [2.75, 3.05) is 6.54 Å². The van der Waals surface area contributed by atoms with Crippen LogP contribution in [0.1, 0.15) is 70.1 Å². The van der Waals surface area contributed by atoms with Crippen molar-refractivity contribution >= 4 is 11.4 Å². The molecule has 0 saturated heterocycles. The molecule has 6 rings (SSSR count). The number of amides is 1. The second-order valence-electron chi connectivity index (χ2n) is 8.57. The summed E-state index contributed by atoms with van der Waals surface area (Å²) in [4.78, 5) is 26.3. The molecule has 4 aromatic heterocycles. The lowest BCUT2D eigenvalue weighted by Crippen LogP contribution is -2.41. The van der Waals surface area contributed by atoms with Crippen LogP contribution in [-0.4, -0.2) is 47.0 Å². The molecule has 4 aromatic rings. The van der Waals surface area contributed by atoms with Crippen LogP contribution < -0.4 is 0 Å². The number of alkyl halides is 2. The van der Waals surface area contributed by atoms with Crippen LogP contribution in [0.2, 0.25) is 0 Å². The first kappa shape index (κ1) is 20.0. The first-order valence-electron chi connectivity index (χ1n) is 10.7. The highest BCUT2D eigenvalue weighted by Gasteiger charge is 2.49. The third-order valence-corrected chi connectivity index (χ3v) is 6.37. The molecule has 1 aliphatic heterocycles. The second kappa shape index (κ2) is 6.95. The maximum absolute atomic E-state index is 13.8. The number of nitrogens with zero attached hydrogens (tertiary/aromatic N) is 5. The van der Waals surface area contributed by atoms with E-state index in [1.165, 1.54) is 4.90 Å². The third kappa shape index (κ3) is 3.06. The molecule has 0 aromatic carbocycles. The Bertz CT molecular complexity index is 1390. The van der Waals surface area contributed by atoms with E-state index in [9.17, 15) is 18.7 Å². The number of imidazole rings is 1. The number of aromatic nitrogens is 5. The smallest absolute Gasteiger partial charge is 0.292 e. The minimum atomic E-state index is -3.02. The molecule has 1 aliphatic carbocycles. The zero-order valence-corrected chi connectivity index (χ0v) is 17.6. The number of pyridine rings is 1. The van der Waals surface area contributed by atoms with Gasteiger partial charge in [-0.05, 0) is 37.5 Å². The minimum absolute atomic E-state index is 0.237. The molecular formula is C22H20F2N6O3. The van der Waals surface area contributed by atoms with E-state index in [4.69, 9.17) is 4.42 Å². The van der Waals surface area contributed by atoms with Crippen LogP contribution in [0.5, 0.6) is 0 Å². The van der Waals surface area contributed by atoms with Crippen molar-refractivity contribution in [1.82, 2.24) is 29.5 Å². The summed E-state index contributed by atoms with van der Waals surface area (Å²) in [5.41, 5.74) is 1.76. The van der Waals surface area contributed by atoms with E-state index in [1.54, 1.807) is 17.0 Å². The molecule has 170 valence electrons. The first-order chi connectivity index (χ1) is 15.9. The predicted octanol–water partition coefficient (Wildman–Crippen LogP) is 3.06. The highest BCUT2D eigenvalue weighted by molar-refractivity contribution is 5.93. The Balaban J connectivity index is 1.46. The lowest BCUT2D eigenvalue weighted by molar-refractivity contribution is 0.0624. The molecule has 1 unspecified atom stereocenters. The fourth-order valence-corrected chi connectivity index (χ4v) is 4.40. The van der Waals surface area contributed by atoms with Gasteiger partial charge in [0.1, 0.15) is 11.6 Å². The van der Waals surface area contributed by atoms with Crippen LogP contribution in [-0.2, 0) is 12.0 Å². The van der Waals surface area contributed by atoms with Crippen molar-refractivity contribution in [3.63, 3.8) is 0 Å². The summed E-state index contributed by atoms with van der Waals surface area (Å²) >= 11 is 0. The Morgan fingerprint density at radius 1 is 1.39 bits per heavy atom. The minimum Gasteiger partial charge on any atom is -0.432 e. The van der Waals surface area contributed by atoms with Gasteiger partial charge in [0.05, 0.1) is 23.2 Å². The first-order valence-corrected chi connectivity index (χ1v) is 10.7. The molecule has 5 heterocycles. The number of hydrogen-bond donors (Lipinski definition) is 2. The van der Waals surface area contributed by atoms with E-state index in [-0.39, 0.29) is 12.4 Å². The maximum atomic E-state index is 13.8. The van der Waals surface area contributed by atoms with Gasteiger partial charge in [0.15, 0.2) is 5.69 Å². The Hall–Kier alpha value is -3.60. The highest BCUT2D eigenvalue weighted by Crippen LogP contribution is 2.46. The lowest BCUT2D eigenvalue weighted by atomic mass is 9.99. The van der Waals surface area contributed by atoms with Gasteiger partial charge in [-0.2, -0.15) is 5.10 Å². The number of aliphatic hydroxyl groups is 1. The Morgan fingerprint density at radius 2 is 2.21 bits per heavy atom. The predicted molar refractivity (Wildman–Crippen MR) is 110 cm³/mol. The van der Waals surface area contributed by atoms with Crippen LogP contribution >= 0.6 is 0 Å². The number of oxazole rings is 1. The number of nitrogens with one attached hydrogen (secondary N) is 1. The van der Waals surface area contributed by atoms with Crippen LogP contribution in [0.4, 0.5) is 8.78 Å². The van der Waals surface area contributed by atoms with Crippen molar-refractivity contribution < 1.29 is 23.1 Å². The molecule has 1 atom stereocenters. The molecule has 0 radical (unpaired) electrons. The normalized spacial score (nSPS) is 19.3. The maximum Gasteiger partial charge on any atom is 0.292 e. The molecule has 11 heteroatoms. The number of rotatable bonds is 4. The number of carbonyl (C=O) groups excluding carboxylic acids is 1. The number of carbonyl (C=O) groups is 1. The van der Waals surface area contributed by atoms with Crippen molar-refractivity contribution in [2.45, 2.75) is 44.3 Å². The molecule has 1 amide bonds. The average Bonchev–Trinajstić information content (AvgIpc) is 3.24. The van der Waals surface area contributed by atoms with Gasteiger partial charge in [-0.15, -0.1) is 0 Å². The van der Waals surface area contributed by atoms with Gasteiger partial charge < -0.3 is 19.4 Å². The summed E-state index contributed by atoms with van der Waals surface area (Å²) in [6.07, 6.45) is 1.51. The monoisotopic (exact) mass is 454 g/mol. The van der Waals surface area contributed by atoms with Gasteiger partial charge in [0.25, 0.3) is 12.3 Å². The molecule has 2 N–H and O–H groups in total. The largest absolute Gasteiger partial charge is 0.432 e. The zero-order valence-electron chi connectivity index (χ0n) is 17.6. The van der Waals surface area contributed by atoms with E-state index in [2.05, 4.69) is 20.1 Å². The molecule has 2 aliphatic rings. The molecule has 1 fully saturated rings. The number of aromatic amines is 1. The van der Waals surface area contributed by atoms with Gasteiger partial charge >= 0.3 is 0 Å². The topological polar surface area (TPSA) is 113 Å². The number of H-pyrrole nitrogens is 1. The van der Waals surface area contributed by atoms with Gasteiger partial charge in [0.2, 0.25) is 11.7 Å². The van der Waals surface area contributed by atoms with E-state index < -0.39 is 35.4 Å². The molecule has 9 nitrogen and oxygen atoms in total. The number of hydrogen-bond acceptors (Lipinski definition) is 6. The second-order valence-corrected chi connectivity index (χ2v) is 8.57. The summed E-state index contributed by atoms with van der Waals surface area (Å²) < 4.78 is 34.7. The van der Waals surface area contributed by atoms with Crippen LogP contribution in [0.25, 0.3) is 5.52 Å². The van der Waals surface area contributed by atoms with Gasteiger partial charge in [-0.3, -0.25) is 4.79 Å². The van der Waals surface area contributed by atoms with Crippen molar-refractivity contribution in [2.24, 2.45) is 0 Å². The summed E-state index contributed by atoms with van der Waals surface area (Å²) in [6, 6.07) is 5.00. The number of fused-ring (bicyclic) bond motifs is 2. The zero-order chi connectivity index (χ0) is 22.9. The Kier molecular flexibility index (Phi) is 4.22. The van der Waals surface area contributed by atoms with E-state index >= 15 is 0 Å². The fraction of sp³-hybridized carbons (Fsp3) is 0.364. The molecule has 0 bridgehead atoms. The van der Waals surface area contributed by atoms with Gasteiger partial charge in [0, 0.05) is 24.9 Å². The molecular weight excluding hydrogens is 434 g/mol. The standard InChI is InChI=1S/C22H20F2N6O3/c1-11-3-2-7-30-14(11)9-13(28-30)17-15-12(25-10-26-15)4-8-29(17)20(31)18-16(19(23)24)27-21(33-18)22(32)5-6-22/h2-3,7,9-10,17,19,32H,4-6,8H2,1H3,(H,25,26). The van der Waals surface area contributed by atoms with E-state index in [0.717, 1.165) is 16.8 Å². The van der Waals surface area contributed by atoms with Crippen molar-refractivity contribution in [3.8, 4) is 0 Å². The SMILES string of the molecule is Cc1cccn2nc(C3c4nc[nH]c4CCN3C(=O)c3oc(C4(O)CC4)nc3C(F)F)cc12. The molecule has 0 spiro atoms. The molecule has 1 saturated carbocycles. The van der Waals surface area contributed by atoms with Crippen molar-refractivity contribution in [3.05, 3.63) is 70.7 Å². The van der Waals surface area contributed by atoms with Crippen LogP contribution in [0.3, 0.4) is 0 Å². The van der Waals surface area contributed by atoms with Crippen LogP contribution in [0, 0.1) is 6.92 Å². The van der Waals surface area contributed by atoms with E-state index in [1.807, 2.05) is 25.1 Å². The summed E-state index contributed by atoms with van der Waals surface area (Å²) in [5, 5.41) is 14.9. The van der Waals surface area contributed by atoms with Gasteiger partial charge in [-0.25, -0.2) is 23.3 Å². The number of halogens is 2. The van der Waals surface area contributed by atoms with Crippen molar-refractivity contribution in [1.29, 1.82) is 0 Å². The summed E-state index contributed by atoms with van der Waals surface area (Å²) in [7, 11) is 0. The number of aryl methyl sites for hydroxylation is 1. The van der Waals surface area contributed by atoms with E-state index in [0.29, 0.717) is 30.7 Å². The summed E-state index contributed by atoms with van der Waals surface area (Å²) in [6.45, 7) is 2.20. The van der Waals surface area contributed by atoms with Gasteiger partial charge in [-0.1, -0.05) is 6.07 Å². The highest BCUT2D eigenvalue weighted by atomic mass is 19.3. The Labute approximate surface area is 186 Å². The Morgan fingerprint density at radius 3 is 2.94 bits per heavy atom. The third-order valence-electron chi connectivity index (χ3n) is 6.37. The summed E-state index contributed by atoms with van der Waals surface area (Å²) in [5.74, 6) is -1.52.